The molecule has 0 aliphatic carbocycles. The summed E-state index contributed by atoms with van der Waals surface area (Å²) < 4.78 is 0. The molecule has 0 radical (unpaired) electrons. The number of benzene rings is 1. The highest BCUT2D eigenvalue weighted by molar-refractivity contribution is 6.18. The summed E-state index contributed by atoms with van der Waals surface area (Å²) in [7, 11) is 0. The van der Waals surface area contributed by atoms with Gasteiger partial charge in [0.1, 0.15) is 0 Å². The molecule has 0 nitrogen and oxygen atoms in total. The maximum absolute atomic E-state index is 6.11. The first-order chi connectivity index (χ1) is 8.29. The molecule has 1 aromatic rings. The zero-order valence-corrected chi connectivity index (χ0v) is 12.0. The van der Waals surface area contributed by atoms with E-state index in [1.54, 1.807) is 0 Å². The molecule has 0 N–H and O–H groups in total. The van der Waals surface area contributed by atoms with E-state index in [0.717, 1.165) is 5.88 Å². The van der Waals surface area contributed by atoms with E-state index in [1.165, 1.54) is 49.7 Å². The van der Waals surface area contributed by atoms with Crippen molar-refractivity contribution in [3.05, 3.63) is 35.4 Å². The average molecular weight is 253 g/mol. The van der Waals surface area contributed by atoms with Gasteiger partial charge in [-0.1, -0.05) is 63.3 Å². The molecule has 0 bridgehead atoms. The van der Waals surface area contributed by atoms with Crippen molar-refractivity contribution in [1.82, 2.24) is 0 Å². The number of aryl methyl sites for hydroxylation is 1. The van der Waals surface area contributed by atoms with Crippen LogP contribution in [0.2, 0.25) is 0 Å². The molecule has 0 spiro atoms. The van der Waals surface area contributed by atoms with Gasteiger partial charge >= 0.3 is 0 Å². The third-order valence-corrected chi connectivity index (χ3v) is 3.84. The first-order valence-electron chi connectivity index (χ1n) is 6.91. The molecule has 0 saturated heterocycles. The van der Waals surface area contributed by atoms with Crippen LogP contribution in [0.5, 0.6) is 0 Å². The second-order valence-corrected chi connectivity index (χ2v) is 5.22. The van der Waals surface area contributed by atoms with Gasteiger partial charge in [0, 0.05) is 5.88 Å². The number of rotatable bonds is 8. The predicted octanol–water partition coefficient (Wildman–Crippen LogP) is 5.68. The monoisotopic (exact) mass is 252 g/mol. The lowest BCUT2D eigenvalue weighted by atomic mass is 9.91. The number of hydrogen-bond acceptors (Lipinski definition) is 0. The van der Waals surface area contributed by atoms with E-state index >= 15 is 0 Å². The van der Waals surface area contributed by atoms with E-state index in [0.29, 0.717) is 5.92 Å². The van der Waals surface area contributed by atoms with Crippen molar-refractivity contribution in [2.45, 2.75) is 58.3 Å². The minimum absolute atomic E-state index is 0.541. The Bertz CT molecular complexity index is 306. The summed E-state index contributed by atoms with van der Waals surface area (Å²) in [5, 5.41) is 0. The van der Waals surface area contributed by atoms with Crippen LogP contribution in [0.1, 0.15) is 62.5 Å². The van der Waals surface area contributed by atoms with Crippen LogP contribution in [0.15, 0.2) is 24.3 Å². The van der Waals surface area contributed by atoms with Crippen molar-refractivity contribution in [2.75, 3.05) is 5.88 Å². The Kier molecular flexibility index (Phi) is 7.35. The highest BCUT2D eigenvalue weighted by atomic mass is 35.5. The van der Waals surface area contributed by atoms with Crippen molar-refractivity contribution in [1.29, 1.82) is 0 Å². The van der Waals surface area contributed by atoms with E-state index in [1.807, 2.05) is 0 Å². The summed E-state index contributed by atoms with van der Waals surface area (Å²) in [5.74, 6) is 1.29. The van der Waals surface area contributed by atoms with Crippen molar-refractivity contribution in [3.63, 3.8) is 0 Å². The van der Waals surface area contributed by atoms with Crippen LogP contribution in [-0.4, -0.2) is 5.88 Å². The van der Waals surface area contributed by atoms with Gasteiger partial charge in [-0.05, 0) is 30.4 Å². The van der Waals surface area contributed by atoms with Gasteiger partial charge < -0.3 is 0 Å². The fraction of sp³-hybridized carbons (Fsp3) is 0.625. The van der Waals surface area contributed by atoms with Crippen LogP contribution >= 0.6 is 11.6 Å². The molecule has 0 heterocycles. The Morgan fingerprint density at radius 3 is 2.41 bits per heavy atom. The van der Waals surface area contributed by atoms with Crippen LogP contribution in [-0.2, 0) is 0 Å². The molecule has 0 aromatic heterocycles. The summed E-state index contributed by atoms with van der Waals surface area (Å²) in [4.78, 5) is 0. The SMILES string of the molecule is CCCCCCCC(CCl)c1ccccc1C. The van der Waals surface area contributed by atoms with Gasteiger partial charge in [0.15, 0.2) is 0 Å². The molecule has 1 aromatic carbocycles. The van der Waals surface area contributed by atoms with Crippen LogP contribution in [0.3, 0.4) is 0 Å². The summed E-state index contributed by atoms with van der Waals surface area (Å²) in [5.41, 5.74) is 2.82. The van der Waals surface area contributed by atoms with Crippen molar-refractivity contribution >= 4 is 11.6 Å². The molecule has 0 saturated carbocycles. The van der Waals surface area contributed by atoms with Gasteiger partial charge in [-0.2, -0.15) is 0 Å². The normalized spacial score (nSPS) is 12.6. The van der Waals surface area contributed by atoms with Crippen LogP contribution in [0, 0.1) is 6.92 Å². The number of unbranched alkanes of at least 4 members (excludes halogenated alkanes) is 4. The van der Waals surface area contributed by atoms with E-state index < -0.39 is 0 Å². The van der Waals surface area contributed by atoms with Gasteiger partial charge in [0.25, 0.3) is 0 Å². The Morgan fingerprint density at radius 1 is 1.06 bits per heavy atom. The highest BCUT2D eigenvalue weighted by Gasteiger charge is 2.11. The largest absolute Gasteiger partial charge is 0.126 e. The smallest absolute Gasteiger partial charge is 0.0292 e. The second-order valence-electron chi connectivity index (χ2n) is 4.91. The lowest BCUT2D eigenvalue weighted by molar-refractivity contribution is 0.568. The zero-order valence-electron chi connectivity index (χ0n) is 11.2. The third-order valence-electron chi connectivity index (χ3n) is 3.47. The second kappa shape index (κ2) is 8.58. The first-order valence-corrected chi connectivity index (χ1v) is 7.44. The molecule has 0 amide bonds. The third kappa shape index (κ3) is 5.12. The fourth-order valence-electron chi connectivity index (χ4n) is 2.35. The molecule has 0 fully saturated rings. The van der Waals surface area contributed by atoms with Crippen molar-refractivity contribution < 1.29 is 0 Å². The Balaban J connectivity index is 2.41. The number of halogens is 1. The highest BCUT2D eigenvalue weighted by Crippen LogP contribution is 2.26. The van der Waals surface area contributed by atoms with E-state index in [2.05, 4.69) is 38.1 Å². The quantitative estimate of drug-likeness (QED) is 0.413. The minimum atomic E-state index is 0.541. The van der Waals surface area contributed by atoms with E-state index in [-0.39, 0.29) is 0 Å². The molecular weight excluding hydrogens is 228 g/mol. The maximum Gasteiger partial charge on any atom is 0.0292 e. The standard InChI is InChI=1S/C16H25Cl/c1-3-4-5-6-7-11-15(13-17)16-12-9-8-10-14(16)2/h8-10,12,15H,3-7,11,13H2,1-2H3. The van der Waals surface area contributed by atoms with E-state index in [9.17, 15) is 0 Å². The summed E-state index contributed by atoms with van der Waals surface area (Å²) >= 11 is 6.11. The lowest BCUT2D eigenvalue weighted by Gasteiger charge is -2.16. The maximum atomic E-state index is 6.11. The van der Waals surface area contributed by atoms with Gasteiger partial charge in [-0.25, -0.2) is 0 Å². The molecule has 1 rings (SSSR count). The zero-order chi connectivity index (χ0) is 12.5. The van der Waals surface area contributed by atoms with Crippen LogP contribution in [0.25, 0.3) is 0 Å². The van der Waals surface area contributed by atoms with Gasteiger partial charge in [0.2, 0.25) is 0 Å². The molecule has 1 unspecified atom stereocenters. The van der Waals surface area contributed by atoms with Gasteiger partial charge in [-0.15, -0.1) is 11.6 Å². The summed E-state index contributed by atoms with van der Waals surface area (Å²) in [6, 6.07) is 8.64. The van der Waals surface area contributed by atoms with Crippen molar-refractivity contribution in [3.8, 4) is 0 Å². The Morgan fingerprint density at radius 2 is 1.76 bits per heavy atom. The molecule has 1 atom stereocenters. The molecule has 1 heteroatoms. The minimum Gasteiger partial charge on any atom is -0.126 e. The molecule has 96 valence electrons. The van der Waals surface area contributed by atoms with E-state index in [4.69, 9.17) is 11.6 Å². The van der Waals surface area contributed by atoms with Crippen LogP contribution in [0.4, 0.5) is 0 Å². The first kappa shape index (κ1) is 14.6. The van der Waals surface area contributed by atoms with Gasteiger partial charge in [0.05, 0.1) is 0 Å². The number of alkyl halides is 1. The predicted molar refractivity (Wildman–Crippen MR) is 78.0 cm³/mol. The average Bonchev–Trinajstić information content (AvgIpc) is 2.35. The molecule has 17 heavy (non-hydrogen) atoms. The van der Waals surface area contributed by atoms with Crippen LogP contribution < -0.4 is 0 Å². The Labute approximate surface area is 111 Å². The molecule has 0 aliphatic rings. The van der Waals surface area contributed by atoms with Gasteiger partial charge in [-0.3, -0.25) is 0 Å². The topological polar surface area (TPSA) is 0 Å². The molecule has 0 aliphatic heterocycles. The summed E-state index contributed by atoms with van der Waals surface area (Å²) in [6.07, 6.45) is 7.96. The number of hydrogen-bond donors (Lipinski definition) is 0. The lowest BCUT2D eigenvalue weighted by Crippen LogP contribution is -2.02. The Hall–Kier alpha value is -0.490. The fourth-order valence-corrected chi connectivity index (χ4v) is 2.68. The summed E-state index contributed by atoms with van der Waals surface area (Å²) in [6.45, 7) is 4.45. The van der Waals surface area contributed by atoms with Crippen molar-refractivity contribution in [2.24, 2.45) is 0 Å². The molecular formula is C16H25Cl.